The Labute approximate surface area is 221 Å². The fourth-order valence-corrected chi connectivity index (χ4v) is 2.96. The van der Waals surface area contributed by atoms with Crippen molar-refractivity contribution >= 4 is 24.1 Å². The van der Waals surface area contributed by atoms with Gasteiger partial charge in [0.2, 0.25) is 13.6 Å². The number of alkyl carbamates (subject to hydrolysis) is 2. The number of amides is 2. The van der Waals surface area contributed by atoms with E-state index in [9.17, 15) is 19.2 Å². The second-order valence-corrected chi connectivity index (χ2v) is 7.81. The lowest BCUT2D eigenvalue weighted by Crippen LogP contribution is -2.37. The first-order valence-corrected chi connectivity index (χ1v) is 12.1. The summed E-state index contributed by atoms with van der Waals surface area (Å²) in [6.07, 6.45) is -1.14. The molecule has 206 valence electrons. The monoisotopic (exact) mass is 530 g/mol. The number of carbonyl (C=O) groups is 4. The fraction of sp³-hybridized carbons (Fsp3) is 0.385. The van der Waals surface area contributed by atoms with Crippen LogP contribution in [0.4, 0.5) is 9.59 Å². The Kier molecular flexibility index (Phi) is 15.0. The van der Waals surface area contributed by atoms with Gasteiger partial charge in [-0.05, 0) is 11.1 Å². The minimum atomic E-state index is -0.679. The van der Waals surface area contributed by atoms with E-state index in [0.29, 0.717) is 39.3 Å². The Bertz CT molecular complexity index is 896. The van der Waals surface area contributed by atoms with E-state index in [0.717, 1.165) is 11.1 Å². The molecule has 0 fully saturated rings. The Morgan fingerprint density at radius 3 is 1.26 bits per heavy atom. The Morgan fingerprint density at radius 2 is 0.868 bits per heavy atom. The van der Waals surface area contributed by atoms with Crippen molar-refractivity contribution in [3.05, 3.63) is 71.8 Å². The molecule has 12 heteroatoms. The van der Waals surface area contributed by atoms with Crippen LogP contribution in [-0.4, -0.2) is 77.0 Å². The van der Waals surface area contributed by atoms with Gasteiger partial charge in [-0.25, -0.2) is 9.59 Å². The van der Waals surface area contributed by atoms with Crippen molar-refractivity contribution in [1.29, 1.82) is 0 Å². The lowest BCUT2D eigenvalue weighted by atomic mass is 10.2. The lowest BCUT2D eigenvalue weighted by molar-refractivity contribution is -0.152. The van der Waals surface area contributed by atoms with E-state index in [1.807, 2.05) is 60.7 Å². The molecule has 0 radical (unpaired) electrons. The Morgan fingerprint density at radius 1 is 0.500 bits per heavy atom. The van der Waals surface area contributed by atoms with Gasteiger partial charge in [-0.3, -0.25) is 9.59 Å². The van der Waals surface area contributed by atoms with Crippen molar-refractivity contribution in [3.63, 3.8) is 0 Å². The summed E-state index contributed by atoms with van der Waals surface area (Å²) >= 11 is 0. The van der Waals surface area contributed by atoms with E-state index in [2.05, 4.69) is 21.3 Å². The number of benzene rings is 2. The van der Waals surface area contributed by atoms with E-state index < -0.39 is 37.7 Å². The summed E-state index contributed by atoms with van der Waals surface area (Å²) in [5.74, 6) is -0.962. The van der Waals surface area contributed by atoms with Crippen LogP contribution in [0.3, 0.4) is 0 Å². The van der Waals surface area contributed by atoms with Gasteiger partial charge >= 0.3 is 24.1 Å². The summed E-state index contributed by atoms with van der Waals surface area (Å²) < 4.78 is 19.3. The molecule has 0 bridgehead atoms. The molecule has 2 rings (SSSR count). The summed E-state index contributed by atoms with van der Waals surface area (Å²) in [6.45, 7) is 2.06. The summed E-state index contributed by atoms with van der Waals surface area (Å²) in [7, 11) is 0. The number of rotatable bonds is 17. The first kappa shape index (κ1) is 30.1. The predicted octanol–water partition coefficient (Wildman–Crippen LogP) is 1.10. The second kappa shape index (κ2) is 19.0. The topological polar surface area (TPSA) is 153 Å². The van der Waals surface area contributed by atoms with E-state index in [-0.39, 0.29) is 12.8 Å². The number of carbonyl (C=O) groups excluding carboxylic acids is 4. The highest BCUT2D eigenvalue weighted by molar-refractivity contribution is 5.73. The summed E-state index contributed by atoms with van der Waals surface area (Å²) in [4.78, 5) is 46.5. The molecule has 0 atom stereocenters. The number of esters is 2. The molecule has 12 nitrogen and oxygen atoms in total. The molecule has 0 saturated carbocycles. The minimum absolute atomic E-state index is 0.108. The van der Waals surface area contributed by atoms with Gasteiger partial charge in [-0.1, -0.05) is 60.7 Å². The van der Waals surface area contributed by atoms with E-state index in [1.165, 1.54) is 0 Å². The largest absolute Gasteiger partial charge is 0.428 e. The zero-order valence-electron chi connectivity index (χ0n) is 21.1. The molecule has 2 aromatic rings. The molecule has 0 aromatic heterocycles. The average Bonchev–Trinajstić information content (AvgIpc) is 2.91. The quantitative estimate of drug-likeness (QED) is 0.133. The summed E-state index contributed by atoms with van der Waals surface area (Å²) in [5.41, 5.74) is 1.63. The number of hydrogen-bond donors (Lipinski definition) is 4. The van der Waals surface area contributed by atoms with Crippen molar-refractivity contribution in [1.82, 2.24) is 21.3 Å². The molecule has 0 unspecified atom stereocenters. The van der Waals surface area contributed by atoms with Gasteiger partial charge in [0.1, 0.15) is 0 Å². The Hall–Kier alpha value is -4.16. The Balaban J connectivity index is 1.33. The van der Waals surface area contributed by atoms with Crippen molar-refractivity contribution in [2.75, 3.05) is 52.9 Å². The molecule has 2 aromatic carbocycles. The van der Waals surface area contributed by atoms with Crippen molar-refractivity contribution in [3.8, 4) is 0 Å². The van der Waals surface area contributed by atoms with Gasteiger partial charge in [-0.15, -0.1) is 0 Å². The van der Waals surface area contributed by atoms with Crippen LogP contribution in [0.2, 0.25) is 0 Å². The van der Waals surface area contributed by atoms with Crippen LogP contribution < -0.4 is 21.3 Å². The minimum Gasteiger partial charge on any atom is -0.428 e. The zero-order chi connectivity index (χ0) is 27.3. The van der Waals surface area contributed by atoms with Gasteiger partial charge in [-0.2, -0.15) is 0 Å². The average molecular weight is 531 g/mol. The smallest absolute Gasteiger partial charge is 0.410 e. The maximum atomic E-state index is 11.7. The second-order valence-electron chi connectivity index (χ2n) is 7.81. The SMILES string of the molecule is O=C(Cc1ccccc1)OCOC(=O)NCCNCCNCCNC(=O)OCOC(=O)Cc1ccccc1. The van der Waals surface area contributed by atoms with Gasteiger partial charge in [0, 0.05) is 39.3 Å². The molecular formula is C26H34N4O8. The van der Waals surface area contributed by atoms with Crippen molar-refractivity contribution in [2.45, 2.75) is 12.8 Å². The maximum absolute atomic E-state index is 11.7. The van der Waals surface area contributed by atoms with Crippen LogP contribution in [0, 0.1) is 0 Å². The van der Waals surface area contributed by atoms with Crippen molar-refractivity contribution in [2.24, 2.45) is 0 Å². The number of ether oxygens (including phenoxy) is 4. The zero-order valence-corrected chi connectivity index (χ0v) is 21.1. The van der Waals surface area contributed by atoms with Gasteiger partial charge in [0.25, 0.3) is 0 Å². The molecular weight excluding hydrogens is 496 g/mol. The first-order valence-electron chi connectivity index (χ1n) is 12.1. The lowest BCUT2D eigenvalue weighted by Gasteiger charge is -2.10. The molecule has 4 N–H and O–H groups in total. The molecule has 2 amide bonds. The standard InChI is InChI=1S/C26H34N4O8/c31-23(17-21-7-3-1-4-8-21)35-19-37-25(33)29-15-13-27-11-12-28-14-16-30-26(34)38-20-36-24(32)18-22-9-5-2-6-10-22/h1-10,27-28H,11-20H2,(H,29,33)(H,30,34). The highest BCUT2D eigenvalue weighted by Crippen LogP contribution is 2.01. The molecule has 0 aliphatic rings. The molecule has 0 heterocycles. The highest BCUT2D eigenvalue weighted by atomic mass is 16.7. The van der Waals surface area contributed by atoms with Crippen LogP contribution in [-0.2, 0) is 41.4 Å². The van der Waals surface area contributed by atoms with Crippen LogP contribution in [0.1, 0.15) is 11.1 Å². The van der Waals surface area contributed by atoms with Gasteiger partial charge in [0.15, 0.2) is 0 Å². The van der Waals surface area contributed by atoms with Crippen molar-refractivity contribution < 1.29 is 38.1 Å². The summed E-state index contributed by atoms with van der Waals surface area (Å²) in [6, 6.07) is 18.2. The molecule has 0 saturated heterocycles. The number of nitrogens with one attached hydrogen (secondary N) is 4. The van der Waals surface area contributed by atoms with E-state index in [1.54, 1.807) is 0 Å². The third-order valence-corrected chi connectivity index (χ3v) is 4.82. The molecule has 0 aliphatic carbocycles. The van der Waals surface area contributed by atoms with Crippen LogP contribution >= 0.6 is 0 Å². The van der Waals surface area contributed by atoms with E-state index in [4.69, 9.17) is 18.9 Å². The summed E-state index contributed by atoms with van der Waals surface area (Å²) in [5, 5.41) is 11.3. The van der Waals surface area contributed by atoms with Gasteiger partial charge in [0.05, 0.1) is 12.8 Å². The molecule has 0 aliphatic heterocycles. The van der Waals surface area contributed by atoms with Crippen LogP contribution in [0.5, 0.6) is 0 Å². The van der Waals surface area contributed by atoms with E-state index >= 15 is 0 Å². The normalized spacial score (nSPS) is 10.2. The molecule has 0 spiro atoms. The third kappa shape index (κ3) is 15.1. The fourth-order valence-electron chi connectivity index (χ4n) is 2.96. The maximum Gasteiger partial charge on any atom is 0.410 e. The third-order valence-electron chi connectivity index (χ3n) is 4.82. The van der Waals surface area contributed by atoms with Gasteiger partial charge < -0.3 is 40.2 Å². The highest BCUT2D eigenvalue weighted by Gasteiger charge is 2.08. The molecule has 38 heavy (non-hydrogen) atoms. The first-order chi connectivity index (χ1) is 18.5. The number of hydrogen-bond acceptors (Lipinski definition) is 10. The van der Waals surface area contributed by atoms with Crippen LogP contribution in [0.15, 0.2) is 60.7 Å². The van der Waals surface area contributed by atoms with Crippen LogP contribution in [0.25, 0.3) is 0 Å². The predicted molar refractivity (Wildman–Crippen MR) is 137 cm³/mol.